The van der Waals surface area contributed by atoms with Gasteiger partial charge in [-0.3, -0.25) is 0 Å². The molecule has 3 rings (SSSR count). The number of nitrogens with zero attached hydrogens (tertiary/aromatic N) is 2. The maximum Gasteiger partial charge on any atom is 0.146 e. The van der Waals surface area contributed by atoms with Crippen molar-refractivity contribution in [3.8, 4) is 0 Å². The van der Waals surface area contributed by atoms with Crippen molar-refractivity contribution >= 4 is 27.4 Å². The van der Waals surface area contributed by atoms with Crippen LogP contribution in [0.1, 0.15) is 49.9 Å². The molecule has 1 aliphatic carbocycles. The Kier molecular flexibility index (Phi) is 4.58. The second-order valence-corrected chi connectivity index (χ2v) is 8.13. The summed E-state index contributed by atoms with van der Waals surface area (Å²) in [5.74, 6) is 1.82. The van der Waals surface area contributed by atoms with E-state index in [2.05, 4.69) is 31.1 Å². The summed E-state index contributed by atoms with van der Waals surface area (Å²) < 4.78 is 0. The third-order valence-electron chi connectivity index (χ3n) is 5.24. The van der Waals surface area contributed by atoms with E-state index < -0.39 is 0 Å². The van der Waals surface area contributed by atoms with Crippen LogP contribution in [0, 0.1) is 5.92 Å². The van der Waals surface area contributed by atoms with Crippen LogP contribution >= 0.6 is 11.3 Å². The number of nitrogens with one attached hydrogen (secondary N) is 1. The molecule has 23 heavy (non-hydrogen) atoms. The van der Waals surface area contributed by atoms with Gasteiger partial charge in [0.1, 0.15) is 16.5 Å². The molecule has 0 amide bonds. The van der Waals surface area contributed by atoms with Crippen LogP contribution in [0.4, 0.5) is 5.82 Å². The van der Waals surface area contributed by atoms with Crippen LogP contribution in [-0.4, -0.2) is 22.1 Å². The molecule has 0 aromatic carbocycles. The smallest absolute Gasteiger partial charge is 0.146 e. The van der Waals surface area contributed by atoms with Gasteiger partial charge >= 0.3 is 0 Å². The number of aromatic nitrogens is 2. The molecule has 1 atom stereocenters. The SMILES string of the molecule is CC(C)C(C)(CN)NCc1nc(N)c2c3c(sc2n1)CCCC3. The molecule has 5 nitrogen and oxygen atoms in total. The largest absolute Gasteiger partial charge is 0.383 e. The third-order valence-corrected chi connectivity index (χ3v) is 6.42. The predicted octanol–water partition coefficient (Wildman–Crippen LogP) is 2.62. The number of rotatable bonds is 5. The molecule has 0 aliphatic heterocycles. The lowest BCUT2D eigenvalue weighted by Crippen LogP contribution is -2.52. The summed E-state index contributed by atoms with van der Waals surface area (Å²) in [5.41, 5.74) is 13.5. The van der Waals surface area contributed by atoms with Gasteiger partial charge in [-0.15, -0.1) is 11.3 Å². The van der Waals surface area contributed by atoms with Gasteiger partial charge in [-0.05, 0) is 44.1 Å². The maximum absolute atomic E-state index is 6.26. The summed E-state index contributed by atoms with van der Waals surface area (Å²) in [4.78, 5) is 11.8. The first kappa shape index (κ1) is 16.6. The lowest BCUT2D eigenvalue weighted by molar-refractivity contribution is 0.265. The van der Waals surface area contributed by atoms with Crippen molar-refractivity contribution in [2.45, 2.75) is 58.5 Å². The summed E-state index contributed by atoms with van der Waals surface area (Å²) in [6.07, 6.45) is 4.77. The van der Waals surface area contributed by atoms with Gasteiger partial charge in [-0.1, -0.05) is 13.8 Å². The van der Waals surface area contributed by atoms with E-state index in [9.17, 15) is 0 Å². The number of thiophene rings is 1. The number of hydrogen-bond acceptors (Lipinski definition) is 6. The van der Waals surface area contributed by atoms with Crippen molar-refractivity contribution < 1.29 is 0 Å². The van der Waals surface area contributed by atoms with Gasteiger partial charge in [-0.25, -0.2) is 9.97 Å². The average molecular weight is 334 g/mol. The van der Waals surface area contributed by atoms with Gasteiger partial charge < -0.3 is 16.8 Å². The highest BCUT2D eigenvalue weighted by Crippen LogP contribution is 2.37. The molecule has 5 N–H and O–H groups in total. The molecule has 0 saturated heterocycles. The Balaban J connectivity index is 1.88. The standard InChI is InChI=1S/C17H27N5S/c1-10(2)17(3,9-18)20-8-13-21-15(19)14-11-6-4-5-7-12(11)23-16(14)22-13/h10,20H,4-9,18H2,1-3H3,(H2,19,21,22). The number of nitrogens with two attached hydrogens (primary N) is 2. The van der Waals surface area contributed by atoms with Crippen molar-refractivity contribution in [2.75, 3.05) is 12.3 Å². The Morgan fingerprint density at radius 2 is 2.00 bits per heavy atom. The van der Waals surface area contributed by atoms with Crippen LogP contribution in [-0.2, 0) is 19.4 Å². The normalized spacial score (nSPS) is 17.4. The predicted molar refractivity (Wildman–Crippen MR) is 97.6 cm³/mol. The van der Waals surface area contributed by atoms with E-state index >= 15 is 0 Å². The summed E-state index contributed by atoms with van der Waals surface area (Å²) in [6.45, 7) is 7.66. The minimum Gasteiger partial charge on any atom is -0.383 e. The van der Waals surface area contributed by atoms with Crippen molar-refractivity contribution in [2.24, 2.45) is 11.7 Å². The van der Waals surface area contributed by atoms with E-state index in [4.69, 9.17) is 16.5 Å². The first-order chi connectivity index (χ1) is 10.9. The number of aryl methyl sites for hydroxylation is 2. The van der Waals surface area contributed by atoms with Crippen LogP contribution < -0.4 is 16.8 Å². The highest BCUT2D eigenvalue weighted by atomic mass is 32.1. The summed E-state index contributed by atoms with van der Waals surface area (Å²) in [5, 5.41) is 4.61. The molecular weight excluding hydrogens is 306 g/mol. The first-order valence-electron chi connectivity index (χ1n) is 8.46. The van der Waals surface area contributed by atoms with Gasteiger partial charge in [0.2, 0.25) is 0 Å². The van der Waals surface area contributed by atoms with Crippen molar-refractivity contribution in [3.05, 3.63) is 16.3 Å². The molecular formula is C17H27N5S. The van der Waals surface area contributed by atoms with Crippen LogP contribution in [0.25, 0.3) is 10.2 Å². The number of nitrogen functional groups attached to an aromatic ring is 1. The fraction of sp³-hybridized carbons (Fsp3) is 0.647. The molecule has 2 heterocycles. The molecule has 0 radical (unpaired) electrons. The lowest BCUT2D eigenvalue weighted by atomic mass is 9.88. The number of anilines is 1. The molecule has 0 fully saturated rings. The van der Waals surface area contributed by atoms with E-state index in [1.165, 1.54) is 23.3 Å². The Labute approximate surface area is 141 Å². The molecule has 0 saturated carbocycles. The van der Waals surface area contributed by atoms with Gasteiger partial charge in [0.25, 0.3) is 0 Å². The zero-order valence-corrected chi connectivity index (χ0v) is 15.1. The second kappa shape index (κ2) is 6.34. The Bertz CT molecular complexity index is 709. The van der Waals surface area contributed by atoms with E-state index in [0.29, 0.717) is 24.8 Å². The zero-order valence-electron chi connectivity index (χ0n) is 14.3. The molecule has 1 aliphatic rings. The minimum atomic E-state index is -0.123. The maximum atomic E-state index is 6.26. The zero-order chi connectivity index (χ0) is 16.6. The quantitative estimate of drug-likeness (QED) is 0.782. The molecule has 2 aromatic heterocycles. The highest BCUT2D eigenvalue weighted by Gasteiger charge is 2.26. The second-order valence-electron chi connectivity index (χ2n) is 7.05. The fourth-order valence-corrected chi connectivity index (χ4v) is 4.39. The summed E-state index contributed by atoms with van der Waals surface area (Å²) in [6, 6.07) is 0. The lowest BCUT2D eigenvalue weighted by Gasteiger charge is -2.33. The van der Waals surface area contributed by atoms with Gasteiger partial charge in [-0.2, -0.15) is 0 Å². The van der Waals surface area contributed by atoms with Gasteiger partial charge in [0.05, 0.1) is 11.9 Å². The molecule has 126 valence electrons. The average Bonchev–Trinajstić information content (AvgIpc) is 2.91. The summed E-state index contributed by atoms with van der Waals surface area (Å²) >= 11 is 1.79. The third kappa shape index (κ3) is 3.07. The Morgan fingerprint density at radius 3 is 2.70 bits per heavy atom. The fourth-order valence-electron chi connectivity index (χ4n) is 3.10. The molecule has 0 spiro atoms. The number of hydrogen-bond donors (Lipinski definition) is 3. The Morgan fingerprint density at radius 1 is 1.26 bits per heavy atom. The molecule has 1 unspecified atom stereocenters. The van der Waals surface area contributed by atoms with Crippen molar-refractivity contribution in [1.29, 1.82) is 0 Å². The Hall–Kier alpha value is -1.24. The monoisotopic (exact) mass is 333 g/mol. The van der Waals surface area contributed by atoms with Crippen molar-refractivity contribution in [1.82, 2.24) is 15.3 Å². The van der Waals surface area contributed by atoms with Crippen LogP contribution in [0.15, 0.2) is 0 Å². The highest BCUT2D eigenvalue weighted by molar-refractivity contribution is 7.19. The number of fused-ring (bicyclic) bond motifs is 3. The topological polar surface area (TPSA) is 89.8 Å². The first-order valence-corrected chi connectivity index (χ1v) is 9.28. The minimum absolute atomic E-state index is 0.123. The molecule has 6 heteroatoms. The van der Waals surface area contributed by atoms with Crippen LogP contribution in [0.2, 0.25) is 0 Å². The molecule has 0 bridgehead atoms. The van der Waals surface area contributed by atoms with Crippen LogP contribution in [0.3, 0.4) is 0 Å². The van der Waals surface area contributed by atoms with E-state index in [1.807, 2.05) is 0 Å². The van der Waals surface area contributed by atoms with Crippen molar-refractivity contribution in [3.63, 3.8) is 0 Å². The van der Waals surface area contributed by atoms with Gasteiger partial charge in [0, 0.05) is 17.0 Å². The van der Waals surface area contributed by atoms with Crippen LogP contribution in [0.5, 0.6) is 0 Å². The molecule has 2 aromatic rings. The van der Waals surface area contributed by atoms with E-state index in [1.54, 1.807) is 11.3 Å². The van der Waals surface area contributed by atoms with E-state index in [0.717, 1.165) is 28.9 Å². The van der Waals surface area contributed by atoms with E-state index in [-0.39, 0.29) is 5.54 Å². The van der Waals surface area contributed by atoms with Gasteiger partial charge in [0.15, 0.2) is 0 Å². The summed E-state index contributed by atoms with van der Waals surface area (Å²) in [7, 11) is 0.